The summed E-state index contributed by atoms with van der Waals surface area (Å²) < 4.78 is 35.9. The molecule has 0 bridgehead atoms. The number of benzene rings is 1. The minimum Gasteiger partial charge on any atom is -0.457 e. The molecule has 7 heteroatoms. The van der Waals surface area contributed by atoms with Gasteiger partial charge in [-0.25, -0.2) is 13.6 Å². The van der Waals surface area contributed by atoms with Crippen LogP contribution >= 0.6 is 0 Å². The molecule has 1 amide bonds. The van der Waals surface area contributed by atoms with Gasteiger partial charge in [0, 0.05) is 11.6 Å². The normalized spacial score (nSPS) is 11.8. The van der Waals surface area contributed by atoms with Gasteiger partial charge in [0.15, 0.2) is 6.61 Å². The van der Waals surface area contributed by atoms with Crippen LogP contribution in [0, 0.1) is 11.6 Å². The van der Waals surface area contributed by atoms with Gasteiger partial charge in [-0.1, -0.05) is 6.07 Å². The van der Waals surface area contributed by atoms with Crippen molar-refractivity contribution in [1.29, 1.82) is 0 Å². The molecule has 0 aliphatic rings. The summed E-state index contributed by atoms with van der Waals surface area (Å²) in [7, 11) is 0. The van der Waals surface area contributed by atoms with E-state index in [0.29, 0.717) is 0 Å². The number of carbonyl (C=O) groups is 2. The summed E-state index contributed by atoms with van der Waals surface area (Å²) in [6.45, 7) is 0.995. The number of nitrogens with one attached hydrogen (secondary N) is 1. The van der Waals surface area contributed by atoms with Gasteiger partial charge in [-0.15, -0.1) is 0 Å². The fourth-order valence-corrected chi connectivity index (χ4v) is 1.81. The molecule has 0 unspecified atom stereocenters. The van der Waals surface area contributed by atoms with E-state index in [0.717, 1.165) is 12.1 Å². The highest BCUT2D eigenvalue weighted by Crippen LogP contribution is 2.17. The van der Waals surface area contributed by atoms with Crippen molar-refractivity contribution in [3.63, 3.8) is 0 Å². The third kappa shape index (κ3) is 3.91. The summed E-state index contributed by atoms with van der Waals surface area (Å²) in [4.78, 5) is 23.1. The van der Waals surface area contributed by atoms with Crippen molar-refractivity contribution in [2.24, 2.45) is 0 Å². The van der Waals surface area contributed by atoms with E-state index in [4.69, 9.17) is 9.15 Å². The molecule has 1 heterocycles. The molecule has 22 heavy (non-hydrogen) atoms. The topological polar surface area (TPSA) is 68.5 Å². The number of halogens is 2. The number of hydrogen-bond acceptors (Lipinski definition) is 4. The maximum Gasteiger partial charge on any atom is 0.374 e. The van der Waals surface area contributed by atoms with Gasteiger partial charge in [-0.3, -0.25) is 4.79 Å². The average Bonchev–Trinajstić information content (AvgIpc) is 2.98. The largest absolute Gasteiger partial charge is 0.457 e. The maximum atomic E-state index is 13.6. The summed E-state index contributed by atoms with van der Waals surface area (Å²) in [5.41, 5.74) is 0.132. The number of carbonyl (C=O) groups excluding carboxylic acids is 2. The Morgan fingerprint density at radius 2 is 2.09 bits per heavy atom. The summed E-state index contributed by atoms with van der Waals surface area (Å²) in [5, 5.41) is 2.45. The molecule has 1 atom stereocenters. The average molecular weight is 309 g/mol. The molecule has 0 radical (unpaired) electrons. The zero-order chi connectivity index (χ0) is 16.1. The van der Waals surface area contributed by atoms with Crippen molar-refractivity contribution in [2.45, 2.75) is 13.0 Å². The molecule has 0 aliphatic heterocycles. The second kappa shape index (κ2) is 6.84. The van der Waals surface area contributed by atoms with Crippen LogP contribution < -0.4 is 5.32 Å². The van der Waals surface area contributed by atoms with Crippen molar-refractivity contribution in [3.05, 3.63) is 59.6 Å². The molecule has 2 rings (SSSR count). The van der Waals surface area contributed by atoms with Gasteiger partial charge in [0.25, 0.3) is 5.91 Å². The number of ether oxygens (including phenoxy) is 1. The minimum absolute atomic E-state index is 0.0228. The van der Waals surface area contributed by atoms with E-state index in [2.05, 4.69) is 5.32 Å². The molecule has 1 N–H and O–H groups in total. The summed E-state index contributed by atoms with van der Waals surface area (Å²) in [5.74, 6) is -2.88. The fraction of sp³-hybridized carbons (Fsp3) is 0.200. The Balaban J connectivity index is 1.87. The van der Waals surface area contributed by atoms with Crippen LogP contribution in [0.4, 0.5) is 8.78 Å². The monoisotopic (exact) mass is 309 g/mol. The number of hydrogen-bond donors (Lipinski definition) is 1. The van der Waals surface area contributed by atoms with E-state index in [1.54, 1.807) is 0 Å². The first kappa shape index (κ1) is 15.7. The first-order valence-electron chi connectivity index (χ1n) is 6.42. The molecule has 2 aromatic rings. The zero-order valence-electron chi connectivity index (χ0n) is 11.6. The fourth-order valence-electron chi connectivity index (χ4n) is 1.81. The van der Waals surface area contributed by atoms with E-state index in [1.165, 1.54) is 31.4 Å². The van der Waals surface area contributed by atoms with Gasteiger partial charge in [0.1, 0.15) is 11.6 Å². The van der Waals surface area contributed by atoms with Crippen LogP contribution in [0.15, 0.2) is 41.0 Å². The Bertz CT molecular complexity index is 670. The Kier molecular flexibility index (Phi) is 4.88. The number of esters is 1. The molecule has 0 saturated heterocycles. The quantitative estimate of drug-likeness (QED) is 0.862. The third-order valence-electron chi connectivity index (χ3n) is 2.86. The standard InChI is InChI=1S/C15H13F2NO4/c1-9(11-5-4-10(16)7-12(11)17)18-14(19)8-22-15(20)13-3-2-6-21-13/h2-7,9H,8H2,1H3,(H,18,19)/t9-/m0/s1. The highest BCUT2D eigenvalue weighted by Gasteiger charge is 2.16. The van der Waals surface area contributed by atoms with Crippen LogP contribution in [0.25, 0.3) is 0 Å². The molecular weight excluding hydrogens is 296 g/mol. The Hall–Kier alpha value is -2.70. The smallest absolute Gasteiger partial charge is 0.374 e. The van der Waals surface area contributed by atoms with E-state index in [1.807, 2.05) is 0 Å². The molecular formula is C15H13F2NO4. The van der Waals surface area contributed by atoms with Gasteiger partial charge in [-0.05, 0) is 25.1 Å². The lowest BCUT2D eigenvalue weighted by Gasteiger charge is -2.15. The summed E-state index contributed by atoms with van der Waals surface area (Å²) in [6.07, 6.45) is 1.30. The highest BCUT2D eigenvalue weighted by molar-refractivity contribution is 5.88. The van der Waals surface area contributed by atoms with Crippen LogP contribution in [-0.2, 0) is 9.53 Å². The number of rotatable bonds is 5. The van der Waals surface area contributed by atoms with Crippen LogP contribution in [0.2, 0.25) is 0 Å². The van der Waals surface area contributed by atoms with Crippen molar-refractivity contribution < 1.29 is 27.5 Å². The van der Waals surface area contributed by atoms with E-state index in [-0.39, 0.29) is 11.3 Å². The lowest BCUT2D eigenvalue weighted by Crippen LogP contribution is -2.31. The Morgan fingerprint density at radius 3 is 2.73 bits per heavy atom. The van der Waals surface area contributed by atoms with Crippen molar-refractivity contribution >= 4 is 11.9 Å². The molecule has 1 aromatic heterocycles. The lowest BCUT2D eigenvalue weighted by molar-refractivity contribution is -0.124. The van der Waals surface area contributed by atoms with E-state index >= 15 is 0 Å². The second-order valence-corrected chi connectivity index (χ2v) is 4.51. The van der Waals surface area contributed by atoms with Gasteiger partial charge < -0.3 is 14.5 Å². The molecule has 0 spiro atoms. The summed E-state index contributed by atoms with van der Waals surface area (Å²) >= 11 is 0. The van der Waals surface area contributed by atoms with E-state index < -0.39 is 36.2 Å². The zero-order valence-corrected chi connectivity index (χ0v) is 11.6. The van der Waals surface area contributed by atoms with Gasteiger partial charge in [-0.2, -0.15) is 0 Å². The number of amides is 1. The minimum atomic E-state index is -0.777. The first-order valence-corrected chi connectivity index (χ1v) is 6.42. The van der Waals surface area contributed by atoms with Crippen molar-refractivity contribution in [1.82, 2.24) is 5.32 Å². The maximum absolute atomic E-state index is 13.6. The SMILES string of the molecule is C[C@H](NC(=O)COC(=O)c1ccco1)c1ccc(F)cc1F. The Morgan fingerprint density at radius 1 is 1.32 bits per heavy atom. The van der Waals surface area contributed by atoms with Crippen LogP contribution in [0.5, 0.6) is 0 Å². The number of furan rings is 1. The molecule has 116 valence electrons. The van der Waals surface area contributed by atoms with Crippen molar-refractivity contribution in [2.75, 3.05) is 6.61 Å². The molecule has 0 aliphatic carbocycles. The molecule has 5 nitrogen and oxygen atoms in total. The molecule has 1 aromatic carbocycles. The first-order chi connectivity index (χ1) is 10.5. The van der Waals surface area contributed by atoms with Gasteiger partial charge >= 0.3 is 5.97 Å². The molecule has 0 saturated carbocycles. The van der Waals surface area contributed by atoms with Crippen LogP contribution in [-0.4, -0.2) is 18.5 Å². The Labute approximate surface area is 124 Å². The van der Waals surface area contributed by atoms with E-state index in [9.17, 15) is 18.4 Å². The lowest BCUT2D eigenvalue weighted by atomic mass is 10.1. The van der Waals surface area contributed by atoms with Gasteiger partial charge in [0.2, 0.25) is 5.76 Å². The third-order valence-corrected chi connectivity index (χ3v) is 2.86. The predicted octanol–water partition coefficient (Wildman–Crippen LogP) is 2.59. The van der Waals surface area contributed by atoms with Crippen molar-refractivity contribution in [3.8, 4) is 0 Å². The van der Waals surface area contributed by atoms with Crippen LogP contribution in [0.1, 0.15) is 29.1 Å². The van der Waals surface area contributed by atoms with Crippen LogP contribution in [0.3, 0.4) is 0 Å². The highest BCUT2D eigenvalue weighted by atomic mass is 19.1. The summed E-state index contributed by atoms with van der Waals surface area (Å²) in [6, 6.07) is 5.28. The van der Waals surface area contributed by atoms with Gasteiger partial charge in [0.05, 0.1) is 12.3 Å². The predicted molar refractivity (Wildman–Crippen MR) is 71.9 cm³/mol. The second-order valence-electron chi connectivity index (χ2n) is 4.51. The molecule has 0 fully saturated rings.